The van der Waals surface area contributed by atoms with Crippen LogP contribution in [0.25, 0.3) is 0 Å². The van der Waals surface area contributed by atoms with Crippen molar-refractivity contribution in [3.8, 4) is 0 Å². The molecule has 0 bridgehead atoms. The van der Waals surface area contributed by atoms with Crippen LogP contribution in [-0.2, 0) is 14.6 Å². The van der Waals surface area contributed by atoms with Crippen LogP contribution in [0.5, 0.6) is 0 Å². The smallest absolute Gasteiger partial charge is 0.298 e. The van der Waals surface area contributed by atoms with Crippen LogP contribution in [0.15, 0.2) is 0 Å². The molecule has 0 fully saturated rings. The van der Waals surface area contributed by atoms with E-state index in [0.29, 0.717) is 11.8 Å². The minimum Gasteiger partial charge on any atom is -0.298 e. The summed E-state index contributed by atoms with van der Waals surface area (Å²) in [7, 11) is 0. The van der Waals surface area contributed by atoms with Crippen LogP contribution in [0.1, 0.15) is 87.5 Å². The van der Waals surface area contributed by atoms with Crippen LogP contribution in [0.2, 0.25) is 0 Å². The minimum absolute atomic E-state index is 0.141. The molecule has 0 aliphatic heterocycles. The quantitative estimate of drug-likeness (QED) is 0.363. The maximum Gasteiger partial charge on any atom is 0.342 e. The normalized spacial score (nSPS) is 13.4. The summed E-state index contributed by atoms with van der Waals surface area (Å²) in [6.45, 7) is 17.0. The molecule has 0 saturated carbocycles. The summed E-state index contributed by atoms with van der Waals surface area (Å²) in [5.41, 5.74) is 0.0248. The summed E-state index contributed by atoms with van der Waals surface area (Å²) in [6, 6.07) is 0. The summed E-state index contributed by atoms with van der Waals surface area (Å²) < 4.78 is 0. The van der Waals surface area contributed by atoms with Crippen molar-refractivity contribution in [1.82, 2.24) is 0 Å². The van der Waals surface area contributed by atoms with E-state index in [1.54, 1.807) is 0 Å². The third kappa shape index (κ3) is 12.5. The molecule has 0 amide bonds. The van der Waals surface area contributed by atoms with E-state index in [1.165, 1.54) is 0 Å². The lowest BCUT2D eigenvalue weighted by Crippen LogP contribution is -2.31. The molecular weight excluding hydrogens is 252 g/mol. The molecular formula is C17H34O3. The van der Waals surface area contributed by atoms with E-state index in [9.17, 15) is 4.79 Å². The summed E-state index contributed by atoms with van der Waals surface area (Å²) in [6.07, 6.45) is 4.29. The van der Waals surface area contributed by atoms with Gasteiger partial charge in [0.2, 0.25) is 0 Å². The van der Waals surface area contributed by atoms with Gasteiger partial charge in [-0.1, -0.05) is 48.0 Å². The van der Waals surface area contributed by atoms with Crippen LogP contribution in [0.3, 0.4) is 0 Å². The predicted octanol–water partition coefficient (Wildman–Crippen LogP) is 5.28. The van der Waals surface area contributed by atoms with E-state index in [4.69, 9.17) is 9.78 Å². The highest BCUT2D eigenvalue weighted by atomic mass is 17.2. The van der Waals surface area contributed by atoms with Crippen molar-refractivity contribution in [3.63, 3.8) is 0 Å². The Bertz CT molecular complexity index is 292. The van der Waals surface area contributed by atoms with Gasteiger partial charge < -0.3 is 0 Å². The topological polar surface area (TPSA) is 35.5 Å². The SMILES string of the molecule is CC(C)(C)CCCCC(=O)OOC(C)(C)CC(C)(C)C. The molecule has 0 aromatic rings. The Morgan fingerprint density at radius 3 is 1.85 bits per heavy atom. The number of rotatable bonds is 7. The van der Waals surface area contributed by atoms with Gasteiger partial charge >= 0.3 is 5.97 Å². The van der Waals surface area contributed by atoms with Gasteiger partial charge in [-0.25, -0.2) is 4.79 Å². The van der Waals surface area contributed by atoms with Crippen molar-refractivity contribution in [2.75, 3.05) is 0 Å². The first-order valence-electron chi connectivity index (χ1n) is 7.69. The van der Waals surface area contributed by atoms with E-state index in [2.05, 4.69) is 41.5 Å². The third-order valence-electron chi connectivity index (χ3n) is 2.87. The van der Waals surface area contributed by atoms with Crippen LogP contribution in [0, 0.1) is 10.8 Å². The molecule has 3 nitrogen and oxygen atoms in total. The second kappa shape index (κ2) is 7.44. The fourth-order valence-corrected chi connectivity index (χ4v) is 2.43. The van der Waals surface area contributed by atoms with Gasteiger partial charge in [-0.05, 0) is 43.9 Å². The Morgan fingerprint density at radius 1 is 0.850 bits per heavy atom. The Balaban J connectivity index is 3.88. The molecule has 0 N–H and O–H groups in total. The number of carbonyl (C=O) groups excluding carboxylic acids is 1. The molecule has 0 aliphatic carbocycles. The summed E-state index contributed by atoms with van der Waals surface area (Å²) in [5.74, 6) is -0.263. The van der Waals surface area contributed by atoms with E-state index < -0.39 is 5.60 Å². The van der Waals surface area contributed by atoms with Crippen molar-refractivity contribution >= 4 is 5.97 Å². The lowest BCUT2D eigenvalue weighted by molar-refractivity contribution is -0.329. The van der Waals surface area contributed by atoms with Gasteiger partial charge in [0.05, 0.1) is 0 Å². The highest BCUT2D eigenvalue weighted by Crippen LogP contribution is 2.29. The molecule has 0 unspecified atom stereocenters. The third-order valence-corrected chi connectivity index (χ3v) is 2.87. The first-order chi connectivity index (χ1) is 8.81. The number of carbonyl (C=O) groups is 1. The predicted molar refractivity (Wildman–Crippen MR) is 83.3 cm³/mol. The molecule has 0 aromatic carbocycles. The van der Waals surface area contributed by atoms with Gasteiger partial charge in [0, 0.05) is 6.42 Å². The van der Waals surface area contributed by atoms with Gasteiger partial charge in [0.25, 0.3) is 0 Å². The fraction of sp³-hybridized carbons (Fsp3) is 0.941. The first kappa shape index (κ1) is 19.4. The largest absolute Gasteiger partial charge is 0.342 e. The van der Waals surface area contributed by atoms with Gasteiger partial charge in [-0.2, -0.15) is 4.89 Å². The van der Waals surface area contributed by atoms with E-state index >= 15 is 0 Å². The molecule has 0 atom stereocenters. The van der Waals surface area contributed by atoms with E-state index in [1.807, 2.05) is 13.8 Å². The fourth-order valence-electron chi connectivity index (χ4n) is 2.43. The standard InChI is InChI=1S/C17H34O3/c1-15(2,3)12-10-9-11-14(18)19-20-17(7,8)13-16(4,5)6/h9-13H2,1-8H3. The second-order valence-electron chi connectivity index (χ2n) is 8.80. The molecule has 0 aliphatic rings. The molecule has 0 saturated heterocycles. The molecule has 0 rings (SSSR count). The van der Waals surface area contributed by atoms with Crippen LogP contribution in [-0.4, -0.2) is 11.6 Å². The van der Waals surface area contributed by atoms with Crippen LogP contribution in [0.4, 0.5) is 0 Å². The lowest BCUT2D eigenvalue weighted by Gasteiger charge is -2.30. The van der Waals surface area contributed by atoms with Crippen LogP contribution >= 0.6 is 0 Å². The molecule has 3 heteroatoms. The molecule has 0 radical (unpaired) electrons. The molecule has 0 spiro atoms. The maximum absolute atomic E-state index is 11.6. The Kier molecular flexibility index (Phi) is 7.23. The molecule has 0 heterocycles. The zero-order valence-electron chi connectivity index (χ0n) is 14.8. The first-order valence-corrected chi connectivity index (χ1v) is 7.69. The van der Waals surface area contributed by atoms with Gasteiger partial charge in [-0.3, -0.25) is 4.89 Å². The minimum atomic E-state index is -0.445. The Morgan fingerprint density at radius 2 is 1.40 bits per heavy atom. The average Bonchev–Trinajstić information content (AvgIpc) is 2.17. The van der Waals surface area contributed by atoms with Crippen molar-refractivity contribution < 1.29 is 14.6 Å². The van der Waals surface area contributed by atoms with Crippen LogP contribution < -0.4 is 0 Å². The van der Waals surface area contributed by atoms with Crippen molar-refractivity contribution in [1.29, 1.82) is 0 Å². The maximum atomic E-state index is 11.6. The van der Waals surface area contributed by atoms with Crippen molar-refractivity contribution in [2.24, 2.45) is 10.8 Å². The number of hydrogen-bond donors (Lipinski definition) is 0. The zero-order chi connectivity index (χ0) is 16.0. The Hall–Kier alpha value is -0.570. The molecule has 20 heavy (non-hydrogen) atoms. The molecule has 120 valence electrons. The number of unbranched alkanes of at least 4 members (excludes halogenated alkanes) is 1. The Labute approximate surface area is 125 Å². The average molecular weight is 286 g/mol. The zero-order valence-corrected chi connectivity index (χ0v) is 14.8. The summed E-state index contributed by atoms with van der Waals surface area (Å²) in [5, 5.41) is 0. The van der Waals surface area contributed by atoms with Gasteiger partial charge in [0.1, 0.15) is 5.60 Å². The highest BCUT2D eigenvalue weighted by Gasteiger charge is 2.28. The van der Waals surface area contributed by atoms with Crippen molar-refractivity contribution in [2.45, 2.75) is 93.1 Å². The number of hydrogen-bond acceptors (Lipinski definition) is 3. The lowest BCUT2D eigenvalue weighted by atomic mass is 9.84. The van der Waals surface area contributed by atoms with E-state index in [-0.39, 0.29) is 11.4 Å². The monoisotopic (exact) mass is 286 g/mol. The second-order valence-corrected chi connectivity index (χ2v) is 8.80. The van der Waals surface area contributed by atoms with Gasteiger partial charge in [-0.15, -0.1) is 0 Å². The summed E-state index contributed by atoms with van der Waals surface area (Å²) >= 11 is 0. The summed E-state index contributed by atoms with van der Waals surface area (Å²) in [4.78, 5) is 21.9. The highest BCUT2D eigenvalue weighted by molar-refractivity contribution is 5.68. The van der Waals surface area contributed by atoms with E-state index in [0.717, 1.165) is 25.7 Å². The van der Waals surface area contributed by atoms with Gasteiger partial charge in [0.15, 0.2) is 0 Å². The molecule has 0 aromatic heterocycles. The van der Waals surface area contributed by atoms with Crippen molar-refractivity contribution in [3.05, 3.63) is 0 Å².